The minimum absolute atomic E-state index is 0.0630. The van der Waals surface area contributed by atoms with Gasteiger partial charge in [0.25, 0.3) is 0 Å². The van der Waals surface area contributed by atoms with Gasteiger partial charge in [0, 0.05) is 0 Å². The Balaban J connectivity index is 2.34. The van der Waals surface area contributed by atoms with Gasteiger partial charge in [-0.05, 0) is 34.6 Å². The average Bonchev–Trinajstić information content (AvgIpc) is 1.91. The van der Waals surface area contributed by atoms with Crippen LogP contribution in [0.3, 0.4) is 0 Å². The molecule has 3 heteroatoms. The molecule has 0 aromatic carbocycles. The van der Waals surface area contributed by atoms with Crippen molar-refractivity contribution >= 4 is 0 Å². The van der Waals surface area contributed by atoms with Crippen LogP contribution in [-0.2, 0) is 14.2 Å². The summed E-state index contributed by atoms with van der Waals surface area (Å²) >= 11 is 0. The second-order valence-electron chi connectivity index (χ2n) is 4.87. The van der Waals surface area contributed by atoms with Gasteiger partial charge in [0.1, 0.15) is 6.10 Å². The second kappa shape index (κ2) is 3.56. The summed E-state index contributed by atoms with van der Waals surface area (Å²) in [5, 5.41) is 0. The van der Waals surface area contributed by atoms with E-state index in [0.717, 1.165) is 0 Å². The zero-order chi connectivity index (χ0) is 10.1. The summed E-state index contributed by atoms with van der Waals surface area (Å²) < 4.78 is 16.7. The minimum Gasteiger partial charge on any atom is -0.368 e. The van der Waals surface area contributed by atoms with E-state index < -0.39 is 5.79 Å². The molecule has 0 radical (unpaired) electrons. The van der Waals surface area contributed by atoms with E-state index in [0.29, 0.717) is 13.2 Å². The van der Waals surface area contributed by atoms with Crippen LogP contribution in [0.4, 0.5) is 0 Å². The van der Waals surface area contributed by atoms with Crippen LogP contribution in [-0.4, -0.2) is 30.7 Å². The lowest BCUT2D eigenvalue weighted by Crippen LogP contribution is -2.45. The van der Waals surface area contributed by atoms with Crippen molar-refractivity contribution in [1.82, 2.24) is 0 Å². The highest BCUT2D eigenvalue weighted by atomic mass is 16.7. The third-order valence-electron chi connectivity index (χ3n) is 1.75. The van der Waals surface area contributed by atoms with Crippen molar-refractivity contribution in [2.24, 2.45) is 0 Å². The maximum Gasteiger partial charge on any atom is 0.163 e. The van der Waals surface area contributed by atoms with Crippen LogP contribution in [0.1, 0.15) is 34.6 Å². The van der Waals surface area contributed by atoms with Gasteiger partial charge in [-0.15, -0.1) is 0 Å². The van der Waals surface area contributed by atoms with Crippen molar-refractivity contribution in [3.05, 3.63) is 0 Å². The van der Waals surface area contributed by atoms with E-state index in [9.17, 15) is 0 Å². The fourth-order valence-electron chi connectivity index (χ4n) is 1.25. The first kappa shape index (κ1) is 11.0. The summed E-state index contributed by atoms with van der Waals surface area (Å²) in [5.41, 5.74) is -0.126. The minimum atomic E-state index is -0.447. The van der Waals surface area contributed by atoms with Crippen LogP contribution in [0, 0.1) is 0 Å². The average molecular weight is 188 g/mol. The van der Waals surface area contributed by atoms with Crippen LogP contribution in [0.15, 0.2) is 0 Å². The smallest absolute Gasteiger partial charge is 0.163 e. The molecule has 0 bridgehead atoms. The number of hydrogen-bond acceptors (Lipinski definition) is 3. The van der Waals surface area contributed by atoms with Crippen LogP contribution < -0.4 is 0 Å². The predicted molar refractivity (Wildman–Crippen MR) is 50.6 cm³/mol. The number of ether oxygens (including phenoxy) is 3. The molecule has 0 aromatic heterocycles. The molecule has 0 N–H and O–H groups in total. The highest BCUT2D eigenvalue weighted by Crippen LogP contribution is 2.21. The second-order valence-corrected chi connectivity index (χ2v) is 4.87. The molecule has 3 nitrogen and oxygen atoms in total. The summed E-state index contributed by atoms with van der Waals surface area (Å²) in [4.78, 5) is 0. The Morgan fingerprint density at radius 1 is 1.15 bits per heavy atom. The van der Waals surface area contributed by atoms with Gasteiger partial charge in [-0.3, -0.25) is 0 Å². The summed E-state index contributed by atoms with van der Waals surface area (Å²) in [6.07, 6.45) is 0.0630. The summed E-state index contributed by atoms with van der Waals surface area (Å²) in [7, 11) is 0. The van der Waals surface area contributed by atoms with E-state index in [2.05, 4.69) is 0 Å². The predicted octanol–water partition coefficient (Wildman–Crippen LogP) is 1.95. The van der Waals surface area contributed by atoms with E-state index in [-0.39, 0.29) is 11.7 Å². The first-order chi connectivity index (χ1) is 5.79. The Morgan fingerprint density at radius 2 is 1.62 bits per heavy atom. The van der Waals surface area contributed by atoms with Crippen LogP contribution >= 0.6 is 0 Å². The third kappa shape index (κ3) is 4.07. The molecule has 13 heavy (non-hydrogen) atoms. The van der Waals surface area contributed by atoms with Crippen LogP contribution in [0.2, 0.25) is 0 Å². The van der Waals surface area contributed by atoms with Crippen molar-refractivity contribution in [3.8, 4) is 0 Å². The van der Waals surface area contributed by atoms with Gasteiger partial charge in [-0.25, -0.2) is 0 Å². The molecule has 0 aromatic rings. The molecule has 1 heterocycles. The Morgan fingerprint density at radius 3 is 2.00 bits per heavy atom. The highest BCUT2D eigenvalue weighted by molar-refractivity contribution is 4.71. The Bertz CT molecular complexity index is 159. The van der Waals surface area contributed by atoms with Crippen LogP contribution in [0.25, 0.3) is 0 Å². The molecule has 1 saturated heterocycles. The van der Waals surface area contributed by atoms with Crippen molar-refractivity contribution in [1.29, 1.82) is 0 Å². The fourth-order valence-corrected chi connectivity index (χ4v) is 1.25. The topological polar surface area (TPSA) is 27.7 Å². The quantitative estimate of drug-likeness (QED) is 0.629. The molecule has 0 spiro atoms. The van der Waals surface area contributed by atoms with E-state index in [1.807, 2.05) is 34.6 Å². The van der Waals surface area contributed by atoms with Gasteiger partial charge in [0.05, 0.1) is 18.8 Å². The summed E-state index contributed by atoms with van der Waals surface area (Å²) in [6.45, 7) is 11.2. The van der Waals surface area contributed by atoms with Crippen molar-refractivity contribution in [2.45, 2.75) is 52.1 Å². The van der Waals surface area contributed by atoms with Crippen molar-refractivity contribution in [3.63, 3.8) is 0 Å². The third-order valence-corrected chi connectivity index (χ3v) is 1.75. The molecule has 1 rings (SSSR count). The summed E-state index contributed by atoms with van der Waals surface area (Å²) in [6, 6.07) is 0. The molecule has 0 aliphatic carbocycles. The normalized spacial score (nSPS) is 24.7. The van der Waals surface area contributed by atoms with Crippen LogP contribution in [0.5, 0.6) is 0 Å². The lowest BCUT2D eigenvalue weighted by molar-refractivity contribution is -0.289. The molecule has 0 amide bonds. The standard InChI is InChI=1S/C10H20O3/c1-9(2,3)13-8-6-11-10(4,5)12-7-8/h8H,6-7H2,1-5H3. The largest absolute Gasteiger partial charge is 0.368 e. The van der Waals surface area contributed by atoms with Crippen molar-refractivity contribution < 1.29 is 14.2 Å². The van der Waals surface area contributed by atoms with Gasteiger partial charge >= 0.3 is 0 Å². The lowest BCUT2D eigenvalue weighted by atomic mass is 10.2. The van der Waals surface area contributed by atoms with Gasteiger partial charge in [-0.2, -0.15) is 0 Å². The molecule has 1 fully saturated rings. The lowest BCUT2D eigenvalue weighted by Gasteiger charge is -2.37. The SMILES string of the molecule is CC(C)(C)OC1COC(C)(C)OC1. The van der Waals surface area contributed by atoms with Gasteiger partial charge < -0.3 is 14.2 Å². The monoisotopic (exact) mass is 188 g/mol. The maximum absolute atomic E-state index is 5.72. The molecule has 0 atom stereocenters. The Hall–Kier alpha value is -0.120. The van der Waals surface area contributed by atoms with Gasteiger partial charge in [0.15, 0.2) is 5.79 Å². The number of hydrogen-bond donors (Lipinski definition) is 0. The first-order valence-electron chi connectivity index (χ1n) is 4.74. The zero-order valence-corrected chi connectivity index (χ0v) is 9.22. The molecule has 1 aliphatic heterocycles. The van der Waals surface area contributed by atoms with E-state index >= 15 is 0 Å². The first-order valence-corrected chi connectivity index (χ1v) is 4.74. The molecular formula is C10H20O3. The molecular weight excluding hydrogens is 168 g/mol. The zero-order valence-electron chi connectivity index (χ0n) is 9.22. The van der Waals surface area contributed by atoms with E-state index in [4.69, 9.17) is 14.2 Å². The van der Waals surface area contributed by atoms with Gasteiger partial charge in [-0.1, -0.05) is 0 Å². The molecule has 1 aliphatic rings. The van der Waals surface area contributed by atoms with E-state index in [1.165, 1.54) is 0 Å². The highest BCUT2D eigenvalue weighted by Gasteiger charge is 2.30. The van der Waals surface area contributed by atoms with E-state index in [1.54, 1.807) is 0 Å². The molecule has 78 valence electrons. The summed E-state index contributed by atoms with van der Waals surface area (Å²) in [5.74, 6) is -0.447. The van der Waals surface area contributed by atoms with Crippen molar-refractivity contribution in [2.75, 3.05) is 13.2 Å². The van der Waals surface area contributed by atoms with Gasteiger partial charge in [0.2, 0.25) is 0 Å². The Kier molecular flexibility index (Phi) is 3.00. The fraction of sp³-hybridized carbons (Fsp3) is 1.00. The Labute approximate surface area is 80.4 Å². The maximum atomic E-state index is 5.72. The molecule has 0 saturated carbocycles. The number of rotatable bonds is 1. The molecule has 0 unspecified atom stereocenters.